The molecule has 0 rings (SSSR count). The molecule has 5 nitrogen and oxygen atoms in total. The molecule has 0 radical (unpaired) electrons. The molecule has 9 heteroatoms. The zero-order chi connectivity index (χ0) is 4.50. The summed E-state index contributed by atoms with van der Waals surface area (Å²) in [4.78, 5) is 29.3. The van der Waals surface area contributed by atoms with Crippen LogP contribution in [0.3, 0.4) is 0 Å². The summed E-state index contributed by atoms with van der Waals surface area (Å²) in [7, 11) is -4.61. The smallest absolute Gasteiger partial charge is 1.00 e. The van der Waals surface area contributed by atoms with Gasteiger partial charge in [-0.05, 0) is 0 Å². The third-order valence-corrected chi connectivity index (χ3v) is 0. The Bertz CT molecular complexity index is 42.2. The van der Waals surface area contributed by atoms with Gasteiger partial charge >= 0.3 is 76.3 Å². The Morgan fingerprint density at radius 1 is 1.00 bits per heavy atom. The Balaban J connectivity index is -0.00000000381. The fourth-order valence-electron chi connectivity index (χ4n) is 0. The van der Waals surface area contributed by atoms with Crippen LogP contribution in [0.5, 0.6) is 0 Å². The van der Waals surface area contributed by atoms with Crippen LogP contribution < -0.4 is 29.6 Å². The largest absolute Gasteiger partial charge is 2.00 e. The average Bonchev–Trinajstić information content (AvgIpc) is 0.722. The number of hydrogen-bond donors (Lipinski definition) is 4. The van der Waals surface area contributed by atoms with Gasteiger partial charge in [0, 0.05) is 0 Å². The van der Waals surface area contributed by atoms with Gasteiger partial charge in [-0.2, -0.15) is 0 Å². The van der Waals surface area contributed by atoms with Gasteiger partial charge < -0.3 is 28.9 Å². The third kappa shape index (κ3) is 106. The minimum atomic E-state index is -4.61. The molecule has 0 aliphatic rings. The van der Waals surface area contributed by atoms with Crippen molar-refractivity contribution in [1.82, 2.24) is 0 Å². The van der Waals surface area contributed by atoms with Crippen molar-refractivity contribution in [3.63, 3.8) is 0 Å². The molecule has 0 aliphatic carbocycles. The SMILES string of the molecule is O.O[Si](O)(O)O.[AlH3].[Ca+2].[H-].[H-].[H-].[Na+]. The van der Waals surface area contributed by atoms with E-state index in [1.165, 1.54) is 0 Å². The van der Waals surface area contributed by atoms with Gasteiger partial charge in [-0.25, -0.2) is 0 Å². The van der Waals surface area contributed by atoms with Crippen molar-refractivity contribution >= 4 is 64.1 Å². The molecule has 0 aromatic carbocycles. The molecular weight excluding hydrogens is 198 g/mol. The topological polar surface area (TPSA) is 112 Å². The molecule has 52 valence electrons. The molecule has 0 unspecified atom stereocenters. The molecule has 0 aromatic heterocycles. The van der Waals surface area contributed by atoms with E-state index < -0.39 is 9.05 Å². The van der Waals surface area contributed by atoms with Crippen molar-refractivity contribution < 1.29 is 58.5 Å². The van der Waals surface area contributed by atoms with E-state index in [1.807, 2.05) is 0 Å². The van der Waals surface area contributed by atoms with Gasteiger partial charge in [0.1, 0.15) is 0 Å². The van der Waals surface area contributed by atoms with Crippen LogP contribution in [0, 0.1) is 0 Å². The molecule has 0 fully saturated rings. The fraction of sp³-hybridized carbons (Fsp3) is 0. The van der Waals surface area contributed by atoms with Crippen LogP contribution in [0.4, 0.5) is 0 Å². The maximum atomic E-state index is 7.33. The van der Waals surface area contributed by atoms with Gasteiger partial charge in [0.25, 0.3) is 0 Å². The van der Waals surface area contributed by atoms with E-state index in [0.717, 1.165) is 0 Å². The molecule has 0 aliphatic heterocycles. The Morgan fingerprint density at radius 3 is 1.00 bits per heavy atom. The minimum absolute atomic E-state index is 0. The normalized spacial score (nSPS) is 6.67. The number of hydrogen-bond acceptors (Lipinski definition) is 4. The maximum Gasteiger partial charge on any atom is 2.00 e. The van der Waals surface area contributed by atoms with Crippen molar-refractivity contribution in [2.45, 2.75) is 0 Å². The van der Waals surface area contributed by atoms with E-state index in [2.05, 4.69) is 0 Å². The van der Waals surface area contributed by atoms with Gasteiger partial charge in [0.15, 0.2) is 17.4 Å². The minimum Gasteiger partial charge on any atom is -1.00 e. The number of rotatable bonds is 0. The summed E-state index contributed by atoms with van der Waals surface area (Å²) in [5, 5.41) is 0. The predicted molar refractivity (Wildman–Crippen MR) is 37.3 cm³/mol. The van der Waals surface area contributed by atoms with E-state index in [4.69, 9.17) is 19.2 Å². The molecule has 9 heavy (non-hydrogen) atoms. The van der Waals surface area contributed by atoms with Crippen LogP contribution in [0.2, 0.25) is 0 Å². The van der Waals surface area contributed by atoms with Crippen LogP contribution >= 0.6 is 0 Å². The maximum absolute atomic E-state index is 7.33. The summed E-state index contributed by atoms with van der Waals surface area (Å²) < 4.78 is 0. The van der Waals surface area contributed by atoms with E-state index in [-0.39, 0.29) is 94.4 Å². The van der Waals surface area contributed by atoms with Crippen LogP contribution in [0.25, 0.3) is 0 Å². The van der Waals surface area contributed by atoms with Crippen molar-refractivity contribution in [3.8, 4) is 0 Å². The summed E-state index contributed by atoms with van der Waals surface area (Å²) in [5.41, 5.74) is 0. The van der Waals surface area contributed by atoms with Crippen LogP contribution in [-0.2, 0) is 0 Å². The Kier molecular flexibility index (Phi) is 44.3. The summed E-state index contributed by atoms with van der Waals surface area (Å²) in [6, 6.07) is 0. The molecule has 0 spiro atoms. The van der Waals surface area contributed by atoms with E-state index >= 15 is 0 Å². The molecular formula is H12AlCaNaO5Si. The first-order chi connectivity index (χ1) is 2.00. The first-order valence-corrected chi connectivity index (χ1v) is 2.68. The summed E-state index contributed by atoms with van der Waals surface area (Å²) in [6.07, 6.45) is 0. The Morgan fingerprint density at radius 2 is 1.00 bits per heavy atom. The van der Waals surface area contributed by atoms with Crippen molar-refractivity contribution in [2.24, 2.45) is 0 Å². The van der Waals surface area contributed by atoms with Crippen LogP contribution in [0.15, 0.2) is 0 Å². The Hall–Kier alpha value is 2.81. The monoisotopic (exact) mass is 210 g/mol. The first-order valence-electron chi connectivity index (χ1n) is 0.894. The zero-order valence-electron chi connectivity index (χ0n) is 7.50. The predicted octanol–water partition coefficient (Wildman–Crippen LogP) is -7.66. The van der Waals surface area contributed by atoms with Crippen molar-refractivity contribution in [1.29, 1.82) is 0 Å². The van der Waals surface area contributed by atoms with E-state index in [0.29, 0.717) is 0 Å². The molecule has 0 heterocycles. The van der Waals surface area contributed by atoms with Crippen LogP contribution in [-0.4, -0.2) is 88.8 Å². The second-order valence-corrected chi connectivity index (χ2v) is 1.80. The van der Waals surface area contributed by atoms with Gasteiger partial charge in [-0.1, -0.05) is 0 Å². The molecule has 0 saturated carbocycles. The van der Waals surface area contributed by atoms with Gasteiger partial charge in [0.05, 0.1) is 0 Å². The zero-order valence-corrected chi connectivity index (χ0v) is 9.70. The second kappa shape index (κ2) is 13.4. The Labute approximate surface area is 121 Å². The fourth-order valence-corrected chi connectivity index (χ4v) is 0. The van der Waals surface area contributed by atoms with E-state index in [1.54, 1.807) is 0 Å². The van der Waals surface area contributed by atoms with Gasteiger partial charge in [-0.15, -0.1) is 0 Å². The van der Waals surface area contributed by atoms with Gasteiger partial charge in [-0.3, -0.25) is 0 Å². The molecule has 0 aromatic rings. The van der Waals surface area contributed by atoms with Crippen molar-refractivity contribution in [3.05, 3.63) is 0 Å². The standard InChI is InChI=1S/Al.Ca.Na.H4O4Si.H2O.6H/c;;;1-5(2,3)4;;;;;;;/h;;;1-4H;1H2;;;;;;/q;+2;+1;;;;;;3*-1. The molecule has 6 N–H and O–H groups in total. The van der Waals surface area contributed by atoms with Crippen LogP contribution in [0.1, 0.15) is 4.28 Å². The quantitative estimate of drug-likeness (QED) is 0.297. The summed E-state index contributed by atoms with van der Waals surface area (Å²) >= 11 is 0. The van der Waals surface area contributed by atoms with E-state index in [9.17, 15) is 0 Å². The van der Waals surface area contributed by atoms with Crippen molar-refractivity contribution in [2.75, 3.05) is 0 Å². The molecule has 0 atom stereocenters. The second-order valence-electron chi connectivity index (χ2n) is 0.600. The first kappa shape index (κ1) is 29.8. The average molecular weight is 210 g/mol. The molecule has 0 amide bonds. The molecule has 0 saturated heterocycles. The third-order valence-electron chi connectivity index (χ3n) is 0. The van der Waals surface area contributed by atoms with Gasteiger partial charge in [0.2, 0.25) is 0 Å². The molecule has 0 bridgehead atoms. The summed E-state index contributed by atoms with van der Waals surface area (Å²) in [6.45, 7) is 0. The summed E-state index contributed by atoms with van der Waals surface area (Å²) in [5.74, 6) is 0.